The Kier molecular flexibility index (Phi) is 2.67. The fourth-order valence-electron chi connectivity index (χ4n) is 2.19. The Morgan fingerprint density at radius 3 is 2.53 bits per heavy atom. The zero-order chi connectivity index (χ0) is 11.7. The molecule has 1 aliphatic carbocycles. The Labute approximate surface area is 101 Å². The molecule has 1 aromatic carbocycles. The van der Waals surface area contributed by atoms with E-state index in [0.29, 0.717) is 0 Å². The van der Waals surface area contributed by atoms with Crippen LogP contribution in [0.3, 0.4) is 0 Å². The molecule has 0 unspecified atom stereocenters. The van der Waals surface area contributed by atoms with Gasteiger partial charge in [-0.2, -0.15) is 0 Å². The summed E-state index contributed by atoms with van der Waals surface area (Å²) in [6, 6.07) is 8.02. The summed E-state index contributed by atoms with van der Waals surface area (Å²) < 4.78 is 0. The second kappa shape index (κ2) is 4.32. The molecule has 0 spiro atoms. The molecule has 3 heteroatoms. The van der Waals surface area contributed by atoms with E-state index < -0.39 is 0 Å². The van der Waals surface area contributed by atoms with Gasteiger partial charge in [0.15, 0.2) is 0 Å². The molecule has 0 radical (unpaired) electrons. The molecule has 1 fully saturated rings. The maximum atomic E-state index is 4.63. The van der Waals surface area contributed by atoms with Crippen LogP contribution >= 0.6 is 0 Å². The molecule has 0 aliphatic heterocycles. The Balaban J connectivity index is 1.84. The van der Waals surface area contributed by atoms with Crippen molar-refractivity contribution in [3.63, 3.8) is 0 Å². The highest BCUT2D eigenvalue weighted by atomic mass is 15.0. The van der Waals surface area contributed by atoms with Crippen molar-refractivity contribution in [1.29, 1.82) is 0 Å². The van der Waals surface area contributed by atoms with Gasteiger partial charge in [0.25, 0.3) is 0 Å². The molecule has 1 aromatic heterocycles. The van der Waals surface area contributed by atoms with Crippen molar-refractivity contribution in [3.05, 3.63) is 30.0 Å². The number of rotatable bonds is 3. The highest BCUT2D eigenvalue weighted by Crippen LogP contribution is 2.26. The van der Waals surface area contributed by atoms with Crippen LogP contribution in [0.25, 0.3) is 11.0 Å². The van der Waals surface area contributed by atoms with Crippen molar-refractivity contribution in [1.82, 2.24) is 9.97 Å². The molecule has 17 heavy (non-hydrogen) atoms. The lowest BCUT2D eigenvalue weighted by atomic mass is 9.85. The highest BCUT2D eigenvalue weighted by molar-refractivity contribution is 5.76. The Hall–Kier alpha value is -1.64. The highest BCUT2D eigenvalue weighted by Gasteiger charge is 2.17. The number of nitrogens with one attached hydrogen (secondary N) is 1. The van der Waals surface area contributed by atoms with E-state index >= 15 is 0 Å². The molecular formula is C14H17N3. The van der Waals surface area contributed by atoms with E-state index in [2.05, 4.69) is 15.3 Å². The van der Waals surface area contributed by atoms with Gasteiger partial charge < -0.3 is 5.32 Å². The third kappa shape index (κ3) is 2.09. The topological polar surface area (TPSA) is 37.8 Å². The first-order valence-corrected chi connectivity index (χ1v) is 6.30. The summed E-state index contributed by atoms with van der Waals surface area (Å²) in [5, 5.41) is 3.43. The number of benzene rings is 1. The van der Waals surface area contributed by atoms with E-state index in [1.807, 2.05) is 31.2 Å². The summed E-state index contributed by atoms with van der Waals surface area (Å²) in [4.78, 5) is 9.20. The first kappa shape index (κ1) is 10.5. The Morgan fingerprint density at radius 2 is 1.88 bits per heavy atom. The molecule has 0 saturated heterocycles. The number of para-hydroxylation sites is 2. The normalized spacial score (nSPS) is 15.8. The van der Waals surface area contributed by atoms with Gasteiger partial charge >= 0.3 is 0 Å². The van der Waals surface area contributed by atoms with Gasteiger partial charge in [-0.15, -0.1) is 0 Å². The number of anilines is 1. The van der Waals surface area contributed by atoms with Crippen molar-refractivity contribution in [3.8, 4) is 0 Å². The minimum atomic E-state index is 0.836. The van der Waals surface area contributed by atoms with Crippen LogP contribution in [0.1, 0.15) is 25.0 Å². The summed E-state index contributed by atoms with van der Waals surface area (Å²) >= 11 is 0. The van der Waals surface area contributed by atoms with Crippen molar-refractivity contribution >= 4 is 16.9 Å². The van der Waals surface area contributed by atoms with Gasteiger partial charge in [-0.25, -0.2) is 9.97 Å². The van der Waals surface area contributed by atoms with E-state index in [1.165, 1.54) is 19.3 Å². The number of hydrogen-bond donors (Lipinski definition) is 1. The molecule has 0 atom stereocenters. The van der Waals surface area contributed by atoms with Crippen molar-refractivity contribution < 1.29 is 0 Å². The lowest BCUT2D eigenvalue weighted by molar-refractivity contribution is 0.333. The SMILES string of the molecule is Cc1nc2ccccc2nc1NCC1CCC1. The lowest BCUT2D eigenvalue weighted by Crippen LogP contribution is -2.21. The molecule has 1 heterocycles. The van der Waals surface area contributed by atoms with Crippen LogP contribution in [0.4, 0.5) is 5.82 Å². The average molecular weight is 227 g/mol. The largest absolute Gasteiger partial charge is 0.368 e. The van der Waals surface area contributed by atoms with Crippen LogP contribution < -0.4 is 5.32 Å². The summed E-state index contributed by atoms with van der Waals surface area (Å²) in [6.07, 6.45) is 4.09. The van der Waals surface area contributed by atoms with Crippen molar-refractivity contribution in [2.24, 2.45) is 5.92 Å². The lowest BCUT2D eigenvalue weighted by Gasteiger charge is -2.25. The van der Waals surface area contributed by atoms with Crippen LogP contribution in [-0.4, -0.2) is 16.5 Å². The fraction of sp³-hybridized carbons (Fsp3) is 0.429. The zero-order valence-electron chi connectivity index (χ0n) is 10.1. The van der Waals surface area contributed by atoms with E-state index in [1.54, 1.807) is 0 Å². The number of nitrogens with zero attached hydrogens (tertiary/aromatic N) is 2. The molecule has 1 aliphatic rings. The predicted octanol–water partition coefficient (Wildman–Crippen LogP) is 3.15. The third-order valence-electron chi connectivity index (χ3n) is 3.53. The van der Waals surface area contributed by atoms with Crippen molar-refractivity contribution in [2.75, 3.05) is 11.9 Å². The van der Waals surface area contributed by atoms with Crippen LogP contribution in [0.2, 0.25) is 0 Å². The van der Waals surface area contributed by atoms with Crippen LogP contribution in [0, 0.1) is 12.8 Å². The first-order chi connectivity index (χ1) is 8.33. The number of fused-ring (bicyclic) bond motifs is 1. The minimum Gasteiger partial charge on any atom is -0.368 e. The monoisotopic (exact) mass is 227 g/mol. The Morgan fingerprint density at radius 1 is 1.18 bits per heavy atom. The fourth-order valence-corrected chi connectivity index (χ4v) is 2.19. The van der Waals surface area contributed by atoms with Gasteiger partial charge in [-0.05, 0) is 37.8 Å². The molecule has 2 aromatic rings. The van der Waals surface area contributed by atoms with Gasteiger partial charge in [0, 0.05) is 6.54 Å². The number of hydrogen-bond acceptors (Lipinski definition) is 3. The zero-order valence-corrected chi connectivity index (χ0v) is 10.1. The van der Waals surface area contributed by atoms with Crippen LogP contribution in [0.15, 0.2) is 24.3 Å². The average Bonchev–Trinajstić information content (AvgIpc) is 2.27. The van der Waals surface area contributed by atoms with E-state index in [0.717, 1.165) is 35.0 Å². The maximum absolute atomic E-state index is 4.63. The summed E-state index contributed by atoms with van der Waals surface area (Å²) in [7, 11) is 0. The van der Waals surface area contributed by atoms with E-state index in [9.17, 15) is 0 Å². The van der Waals surface area contributed by atoms with Crippen LogP contribution in [0.5, 0.6) is 0 Å². The van der Waals surface area contributed by atoms with Crippen molar-refractivity contribution in [2.45, 2.75) is 26.2 Å². The second-order valence-corrected chi connectivity index (χ2v) is 4.82. The minimum absolute atomic E-state index is 0.836. The quantitative estimate of drug-likeness (QED) is 0.875. The molecule has 0 amide bonds. The maximum Gasteiger partial charge on any atom is 0.148 e. The van der Waals surface area contributed by atoms with Gasteiger partial charge in [0.2, 0.25) is 0 Å². The van der Waals surface area contributed by atoms with Gasteiger partial charge in [-0.3, -0.25) is 0 Å². The van der Waals surface area contributed by atoms with Crippen LogP contribution in [-0.2, 0) is 0 Å². The Bertz CT molecular complexity index is 532. The second-order valence-electron chi connectivity index (χ2n) is 4.82. The molecule has 3 rings (SSSR count). The molecule has 0 bridgehead atoms. The molecule has 3 nitrogen and oxygen atoms in total. The van der Waals surface area contributed by atoms with E-state index in [-0.39, 0.29) is 0 Å². The van der Waals surface area contributed by atoms with E-state index in [4.69, 9.17) is 0 Å². The molecule has 88 valence electrons. The molecule has 1 saturated carbocycles. The van der Waals surface area contributed by atoms with Gasteiger partial charge in [0.1, 0.15) is 5.82 Å². The first-order valence-electron chi connectivity index (χ1n) is 6.30. The van der Waals surface area contributed by atoms with Gasteiger partial charge in [-0.1, -0.05) is 18.6 Å². The number of aromatic nitrogens is 2. The smallest absolute Gasteiger partial charge is 0.148 e. The third-order valence-corrected chi connectivity index (χ3v) is 3.53. The predicted molar refractivity (Wildman–Crippen MR) is 70.1 cm³/mol. The summed E-state index contributed by atoms with van der Waals surface area (Å²) in [6.45, 7) is 3.05. The molecular weight excluding hydrogens is 210 g/mol. The standard InChI is InChI=1S/C14H17N3/c1-10-14(15-9-11-5-4-6-11)17-13-8-3-2-7-12(13)16-10/h2-3,7-8,11H,4-6,9H2,1H3,(H,15,17). The van der Waals surface area contributed by atoms with Gasteiger partial charge in [0.05, 0.1) is 16.7 Å². The summed E-state index contributed by atoms with van der Waals surface area (Å²) in [5.41, 5.74) is 2.93. The summed E-state index contributed by atoms with van der Waals surface area (Å²) in [5.74, 6) is 1.78. The molecule has 1 N–H and O–H groups in total. The number of aryl methyl sites for hydroxylation is 1.